The minimum absolute atomic E-state index is 0.224. The normalized spacial score (nSPS) is 19.8. The number of benzene rings is 1. The molecule has 148 valence electrons. The fourth-order valence-electron chi connectivity index (χ4n) is 3.18. The third kappa shape index (κ3) is 4.01. The summed E-state index contributed by atoms with van der Waals surface area (Å²) in [7, 11) is 1.67. The van der Waals surface area contributed by atoms with E-state index >= 15 is 0 Å². The van der Waals surface area contributed by atoms with Crippen molar-refractivity contribution in [1.29, 1.82) is 5.26 Å². The van der Waals surface area contributed by atoms with E-state index in [0.717, 1.165) is 11.3 Å². The van der Waals surface area contributed by atoms with Gasteiger partial charge in [-0.05, 0) is 38.0 Å². The van der Waals surface area contributed by atoms with Crippen molar-refractivity contribution in [1.82, 2.24) is 9.78 Å². The Balaban J connectivity index is 1.86. The van der Waals surface area contributed by atoms with E-state index in [4.69, 9.17) is 15.2 Å². The average Bonchev–Trinajstić information content (AvgIpc) is 3.12. The first-order chi connectivity index (χ1) is 13.4. The summed E-state index contributed by atoms with van der Waals surface area (Å²) < 4.78 is 12.6. The summed E-state index contributed by atoms with van der Waals surface area (Å²) >= 11 is 0. The summed E-state index contributed by atoms with van der Waals surface area (Å²) in [4.78, 5) is 11.9. The van der Waals surface area contributed by atoms with E-state index in [2.05, 4.69) is 16.5 Å². The number of carbonyl (C=O) groups is 1. The van der Waals surface area contributed by atoms with Gasteiger partial charge >= 0.3 is 0 Å². The van der Waals surface area contributed by atoms with Crippen molar-refractivity contribution >= 4 is 17.4 Å². The molecule has 0 aliphatic carbocycles. The predicted octanol–water partition coefficient (Wildman–Crippen LogP) is 2.71. The summed E-state index contributed by atoms with van der Waals surface area (Å²) in [5, 5.41) is 17.0. The number of methoxy groups -OCH3 is 1. The summed E-state index contributed by atoms with van der Waals surface area (Å²) in [6, 6.07) is 9.73. The zero-order valence-corrected chi connectivity index (χ0v) is 16.3. The molecule has 28 heavy (non-hydrogen) atoms. The fourth-order valence-corrected chi connectivity index (χ4v) is 3.18. The quantitative estimate of drug-likeness (QED) is 0.792. The minimum Gasteiger partial charge on any atom is -0.379 e. The number of primary amides is 1. The molecule has 1 aromatic heterocycles. The van der Waals surface area contributed by atoms with Crippen molar-refractivity contribution < 1.29 is 14.3 Å². The van der Waals surface area contributed by atoms with Crippen molar-refractivity contribution in [2.45, 2.75) is 31.9 Å². The van der Waals surface area contributed by atoms with Gasteiger partial charge in [-0.3, -0.25) is 9.48 Å². The van der Waals surface area contributed by atoms with Gasteiger partial charge in [0.1, 0.15) is 5.56 Å². The molecule has 1 amide bonds. The van der Waals surface area contributed by atoms with Gasteiger partial charge in [-0.1, -0.05) is 12.1 Å². The second-order valence-corrected chi connectivity index (χ2v) is 7.32. The molecule has 0 saturated carbocycles. The zero-order valence-electron chi connectivity index (χ0n) is 16.3. The SMILES string of the molecule is COC(C)(C)c1ccc(Nc2nn([C@@H]3COCCC3C#N)cc2C(N)=O)cc1. The van der Waals surface area contributed by atoms with Crippen LogP contribution in [0.4, 0.5) is 11.5 Å². The van der Waals surface area contributed by atoms with Crippen molar-refractivity contribution in [3.8, 4) is 6.07 Å². The zero-order chi connectivity index (χ0) is 20.3. The number of hydrogen-bond acceptors (Lipinski definition) is 6. The summed E-state index contributed by atoms with van der Waals surface area (Å²) in [6.45, 7) is 4.90. The number of aromatic nitrogens is 2. The topological polar surface area (TPSA) is 115 Å². The lowest BCUT2D eigenvalue weighted by molar-refractivity contribution is 0.0192. The van der Waals surface area contributed by atoms with E-state index in [9.17, 15) is 10.1 Å². The van der Waals surface area contributed by atoms with Crippen LogP contribution in [0.3, 0.4) is 0 Å². The fraction of sp³-hybridized carbons (Fsp3) is 0.450. The van der Waals surface area contributed by atoms with Gasteiger partial charge in [0.05, 0.1) is 30.2 Å². The summed E-state index contributed by atoms with van der Waals surface area (Å²) in [5.74, 6) is -0.456. The molecule has 1 aromatic carbocycles. The first-order valence-corrected chi connectivity index (χ1v) is 9.14. The summed E-state index contributed by atoms with van der Waals surface area (Å²) in [5.41, 5.74) is 7.19. The standard InChI is InChI=1S/C20H25N5O3/c1-20(2,27-3)14-4-6-15(7-5-14)23-19-16(18(22)26)11-25(24-19)17-12-28-9-8-13(17)10-21/h4-7,11,13,17H,8-9,12H2,1-3H3,(H2,22,26)(H,23,24)/t13?,17-/m1/s1. The van der Waals surface area contributed by atoms with Crippen LogP contribution in [0, 0.1) is 17.2 Å². The highest BCUT2D eigenvalue weighted by atomic mass is 16.5. The van der Waals surface area contributed by atoms with Crippen LogP contribution in [0.5, 0.6) is 0 Å². The molecule has 1 saturated heterocycles. The number of hydrogen-bond donors (Lipinski definition) is 2. The van der Waals surface area contributed by atoms with Crippen LogP contribution in [-0.4, -0.2) is 36.0 Å². The van der Waals surface area contributed by atoms with Gasteiger partial charge in [-0.15, -0.1) is 0 Å². The lowest BCUT2D eigenvalue weighted by Crippen LogP contribution is -2.29. The number of nitrogens with one attached hydrogen (secondary N) is 1. The lowest BCUT2D eigenvalue weighted by Gasteiger charge is -2.26. The van der Waals surface area contributed by atoms with Crippen molar-refractivity contribution in [3.05, 3.63) is 41.6 Å². The van der Waals surface area contributed by atoms with E-state index in [-0.39, 0.29) is 17.5 Å². The van der Waals surface area contributed by atoms with Crippen LogP contribution in [0.25, 0.3) is 0 Å². The molecule has 2 aromatic rings. The Hall–Kier alpha value is -2.89. The first kappa shape index (κ1) is 19.9. The molecule has 2 heterocycles. The molecule has 1 aliphatic rings. The Kier molecular flexibility index (Phi) is 5.68. The van der Waals surface area contributed by atoms with Crippen LogP contribution in [0.1, 0.15) is 42.2 Å². The lowest BCUT2D eigenvalue weighted by atomic mass is 9.97. The third-order valence-corrected chi connectivity index (χ3v) is 5.18. The van der Waals surface area contributed by atoms with Gasteiger partial charge in [-0.2, -0.15) is 10.4 Å². The van der Waals surface area contributed by atoms with Crippen molar-refractivity contribution in [2.75, 3.05) is 25.6 Å². The van der Waals surface area contributed by atoms with E-state index < -0.39 is 11.5 Å². The van der Waals surface area contributed by atoms with Gasteiger partial charge in [-0.25, -0.2) is 0 Å². The molecule has 1 fully saturated rings. The van der Waals surface area contributed by atoms with E-state index in [1.165, 1.54) is 0 Å². The highest BCUT2D eigenvalue weighted by Crippen LogP contribution is 2.29. The maximum atomic E-state index is 11.9. The molecule has 0 radical (unpaired) electrons. The minimum atomic E-state index is -0.587. The molecule has 0 bridgehead atoms. The van der Waals surface area contributed by atoms with Gasteiger partial charge in [0.2, 0.25) is 0 Å². The van der Waals surface area contributed by atoms with Gasteiger partial charge in [0.25, 0.3) is 5.91 Å². The van der Waals surface area contributed by atoms with Crippen LogP contribution in [0.15, 0.2) is 30.5 Å². The van der Waals surface area contributed by atoms with Gasteiger partial charge < -0.3 is 20.5 Å². The number of rotatable bonds is 6. The van der Waals surface area contributed by atoms with E-state index in [1.807, 2.05) is 38.1 Å². The smallest absolute Gasteiger partial charge is 0.254 e. The number of nitriles is 1. The molecular formula is C20H25N5O3. The number of carbonyl (C=O) groups excluding carboxylic acids is 1. The molecule has 0 spiro atoms. The van der Waals surface area contributed by atoms with E-state index in [1.54, 1.807) is 18.0 Å². The summed E-state index contributed by atoms with van der Waals surface area (Å²) in [6.07, 6.45) is 2.21. The van der Waals surface area contributed by atoms with Crippen LogP contribution < -0.4 is 11.1 Å². The van der Waals surface area contributed by atoms with Crippen LogP contribution in [0.2, 0.25) is 0 Å². The highest BCUT2D eigenvalue weighted by Gasteiger charge is 2.29. The van der Waals surface area contributed by atoms with Gasteiger partial charge in [0, 0.05) is 25.6 Å². The van der Waals surface area contributed by atoms with E-state index in [0.29, 0.717) is 25.5 Å². The number of nitrogens with two attached hydrogens (primary N) is 1. The second kappa shape index (κ2) is 8.00. The van der Waals surface area contributed by atoms with Crippen molar-refractivity contribution in [3.63, 3.8) is 0 Å². The molecule has 1 unspecified atom stereocenters. The van der Waals surface area contributed by atoms with Crippen LogP contribution in [-0.2, 0) is 15.1 Å². The highest BCUT2D eigenvalue weighted by molar-refractivity contribution is 5.98. The van der Waals surface area contributed by atoms with Gasteiger partial charge in [0.15, 0.2) is 5.82 Å². The number of ether oxygens (including phenoxy) is 2. The van der Waals surface area contributed by atoms with Crippen LogP contribution >= 0.6 is 0 Å². The molecule has 8 heteroatoms. The maximum Gasteiger partial charge on any atom is 0.254 e. The molecule has 8 nitrogen and oxygen atoms in total. The molecule has 2 atom stereocenters. The maximum absolute atomic E-state index is 11.9. The Labute approximate surface area is 164 Å². The first-order valence-electron chi connectivity index (χ1n) is 9.14. The third-order valence-electron chi connectivity index (χ3n) is 5.18. The second-order valence-electron chi connectivity index (χ2n) is 7.32. The molecular weight excluding hydrogens is 358 g/mol. The Morgan fingerprint density at radius 1 is 1.43 bits per heavy atom. The monoisotopic (exact) mass is 383 g/mol. The molecule has 3 N–H and O–H groups in total. The van der Waals surface area contributed by atoms with Crippen molar-refractivity contribution in [2.24, 2.45) is 11.7 Å². The predicted molar refractivity (Wildman–Crippen MR) is 104 cm³/mol. The largest absolute Gasteiger partial charge is 0.379 e. The average molecular weight is 383 g/mol. The number of nitrogens with zero attached hydrogens (tertiary/aromatic N) is 3. The molecule has 1 aliphatic heterocycles. The number of anilines is 2. The Morgan fingerprint density at radius 3 is 2.75 bits per heavy atom. The number of amides is 1. The Bertz CT molecular complexity index is 882. The Morgan fingerprint density at radius 2 is 2.14 bits per heavy atom. The molecule has 3 rings (SSSR count).